The first-order chi connectivity index (χ1) is 16.9. The molecule has 7 heteroatoms. The van der Waals surface area contributed by atoms with Crippen molar-refractivity contribution in [3.8, 4) is 0 Å². The molecular formula is C28H52O7. The maximum Gasteiger partial charge on any atom is 0.305 e. The molecule has 35 heavy (non-hydrogen) atoms. The summed E-state index contributed by atoms with van der Waals surface area (Å²) in [6.45, 7) is 5.39. The predicted molar refractivity (Wildman–Crippen MR) is 138 cm³/mol. The van der Waals surface area contributed by atoms with Gasteiger partial charge in [0.2, 0.25) is 0 Å². The van der Waals surface area contributed by atoms with Crippen molar-refractivity contribution in [3.63, 3.8) is 0 Å². The highest BCUT2D eigenvalue weighted by atomic mass is 16.6. The summed E-state index contributed by atoms with van der Waals surface area (Å²) in [7, 11) is 0. The highest BCUT2D eigenvalue weighted by Gasteiger charge is 2.35. The van der Waals surface area contributed by atoms with Crippen LogP contribution in [0.25, 0.3) is 0 Å². The molecule has 0 radical (unpaired) electrons. The lowest BCUT2D eigenvalue weighted by Crippen LogP contribution is -2.42. The smallest absolute Gasteiger partial charge is 0.305 e. The normalized spacial score (nSPS) is 12.7. The van der Waals surface area contributed by atoms with Crippen LogP contribution in [-0.4, -0.2) is 49.4 Å². The second-order valence-corrected chi connectivity index (χ2v) is 9.78. The second kappa shape index (κ2) is 22.8. The highest BCUT2D eigenvalue weighted by molar-refractivity contribution is 5.70. The zero-order valence-electron chi connectivity index (χ0n) is 22.7. The van der Waals surface area contributed by atoms with Crippen LogP contribution in [0.1, 0.15) is 130 Å². The Labute approximate surface area is 213 Å². The van der Waals surface area contributed by atoms with Crippen LogP contribution >= 0.6 is 0 Å². The summed E-state index contributed by atoms with van der Waals surface area (Å²) in [6.07, 6.45) is 15.3. The average molecular weight is 501 g/mol. The van der Waals surface area contributed by atoms with Gasteiger partial charge in [0.15, 0.2) is 0 Å². The van der Waals surface area contributed by atoms with Gasteiger partial charge in [-0.1, -0.05) is 91.4 Å². The van der Waals surface area contributed by atoms with Crippen molar-refractivity contribution >= 4 is 17.9 Å². The standard InChI is InChI=1S/C28H52O7/c1-4-7-10-12-13-15-17-20-27(32)35-24-28(21-29,22-33-25(30)18-9-6-3)23-34-26(31)19-16-14-11-8-5-2/h29H,4-24H2,1-3H3. The summed E-state index contributed by atoms with van der Waals surface area (Å²) in [5.74, 6) is -1.08. The van der Waals surface area contributed by atoms with E-state index in [2.05, 4.69) is 13.8 Å². The lowest BCUT2D eigenvalue weighted by Gasteiger charge is -2.30. The van der Waals surface area contributed by atoms with Crippen LogP contribution in [0.4, 0.5) is 0 Å². The third-order valence-corrected chi connectivity index (χ3v) is 6.16. The average Bonchev–Trinajstić information content (AvgIpc) is 2.86. The van der Waals surface area contributed by atoms with Crippen molar-refractivity contribution in [1.29, 1.82) is 0 Å². The van der Waals surface area contributed by atoms with Gasteiger partial charge in [-0.05, 0) is 19.3 Å². The molecule has 0 aliphatic rings. The number of unbranched alkanes of at least 4 members (excludes halogenated alkanes) is 11. The van der Waals surface area contributed by atoms with Crippen molar-refractivity contribution in [2.45, 2.75) is 130 Å². The van der Waals surface area contributed by atoms with Crippen LogP contribution < -0.4 is 0 Å². The Kier molecular flexibility index (Phi) is 21.7. The maximum absolute atomic E-state index is 12.3. The van der Waals surface area contributed by atoms with E-state index in [1.807, 2.05) is 6.92 Å². The number of rotatable bonds is 24. The zero-order valence-corrected chi connectivity index (χ0v) is 22.7. The van der Waals surface area contributed by atoms with Gasteiger partial charge in [0.05, 0.1) is 12.0 Å². The quantitative estimate of drug-likeness (QED) is 0.0945. The fourth-order valence-corrected chi connectivity index (χ4v) is 3.60. The Morgan fingerprint density at radius 2 is 0.829 bits per heavy atom. The number of aliphatic hydroxyl groups is 1. The number of esters is 3. The minimum absolute atomic E-state index is 0.163. The Hall–Kier alpha value is -1.63. The van der Waals surface area contributed by atoms with Crippen molar-refractivity contribution < 1.29 is 33.7 Å². The molecule has 0 saturated carbocycles. The number of aliphatic hydroxyl groups excluding tert-OH is 1. The molecule has 0 aromatic rings. The Morgan fingerprint density at radius 1 is 0.514 bits per heavy atom. The van der Waals surface area contributed by atoms with Crippen molar-refractivity contribution in [2.24, 2.45) is 5.41 Å². The van der Waals surface area contributed by atoms with E-state index >= 15 is 0 Å². The molecule has 206 valence electrons. The van der Waals surface area contributed by atoms with Gasteiger partial charge in [0.25, 0.3) is 0 Å². The third-order valence-electron chi connectivity index (χ3n) is 6.16. The fraction of sp³-hybridized carbons (Fsp3) is 0.893. The molecule has 0 heterocycles. The molecule has 0 rings (SSSR count). The van der Waals surface area contributed by atoms with Crippen LogP contribution in [0, 0.1) is 5.41 Å². The zero-order chi connectivity index (χ0) is 26.2. The summed E-state index contributed by atoms with van der Waals surface area (Å²) in [6, 6.07) is 0. The summed E-state index contributed by atoms with van der Waals surface area (Å²) in [4.78, 5) is 36.5. The van der Waals surface area contributed by atoms with Crippen molar-refractivity contribution in [3.05, 3.63) is 0 Å². The number of hydrogen-bond acceptors (Lipinski definition) is 7. The van der Waals surface area contributed by atoms with Gasteiger partial charge >= 0.3 is 17.9 Å². The van der Waals surface area contributed by atoms with Crippen LogP contribution in [-0.2, 0) is 28.6 Å². The lowest BCUT2D eigenvalue weighted by atomic mass is 9.92. The van der Waals surface area contributed by atoms with E-state index in [9.17, 15) is 19.5 Å². The molecule has 1 atom stereocenters. The Morgan fingerprint density at radius 3 is 1.17 bits per heavy atom. The van der Waals surface area contributed by atoms with E-state index in [0.717, 1.165) is 57.8 Å². The van der Waals surface area contributed by atoms with Crippen molar-refractivity contribution in [1.82, 2.24) is 0 Å². The Balaban J connectivity index is 4.66. The van der Waals surface area contributed by atoms with Gasteiger partial charge in [-0.2, -0.15) is 0 Å². The number of carbonyl (C=O) groups is 3. The molecule has 0 amide bonds. The largest absolute Gasteiger partial charge is 0.465 e. The Bertz CT molecular complexity index is 549. The van der Waals surface area contributed by atoms with E-state index < -0.39 is 12.0 Å². The molecule has 0 saturated heterocycles. The summed E-state index contributed by atoms with van der Waals surface area (Å²) in [5, 5.41) is 10.1. The van der Waals surface area contributed by atoms with Gasteiger partial charge in [-0.15, -0.1) is 0 Å². The summed E-state index contributed by atoms with van der Waals surface area (Å²) < 4.78 is 16.2. The van der Waals surface area contributed by atoms with E-state index in [1.54, 1.807) is 0 Å². The highest BCUT2D eigenvalue weighted by Crippen LogP contribution is 2.21. The second-order valence-electron chi connectivity index (χ2n) is 9.78. The van der Waals surface area contributed by atoms with Crippen LogP contribution in [0.3, 0.4) is 0 Å². The van der Waals surface area contributed by atoms with Gasteiger partial charge in [-0.25, -0.2) is 0 Å². The SMILES string of the molecule is CCCCCCCCCC(=O)OCC(CO)(COC(=O)CCCC)COC(=O)CCCCCCC. The number of ether oxygens (including phenoxy) is 3. The van der Waals surface area contributed by atoms with Crippen molar-refractivity contribution in [2.75, 3.05) is 26.4 Å². The van der Waals surface area contributed by atoms with E-state index in [-0.39, 0.29) is 44.1 Å². The van der Waals surface area contributed by atoms with Crippen LogP contribution in [0.5, 0.6) is 0 Å². The minimum atomic E-state index is -1.16. The molecule has 0 aliphatic carbocycles. The molecule has 0 aromatic carbocycles. The van der Waals surface area contributed by atoms with E-state index in [1.165, 1.54) is 25.7 Å². The molecule has 0 aromatic heterocycles. The molecule has 0 spiro atoms. The molecule has 0 aliphatic heterocycles. The number of hydrogen-bond donors (Lipinski definition) is 1. The first-order valence-electron chi connectivity index (χ1n) is 14.0. The lowest BCUT2D eigenvalue weighted by molar-refractivity contribution is -0.165. The number of carbonyl (C=O) groups excluding carboxylic acids is 3. The third kappa shape index (κ3) is 19.3. The molecular weight excluding hydrogens is 448 g/mol. The summed E-state index contributed by atoms with van der Waals surface area (Å²) >= 11 is 0. The first kappa shape index (κ1) is 33.4. The minimum Gasteiger partial charge on any atom is -0.465 e. The fourth-order valence-electron chi connectivity index (χ4n) is 3.60. The first-order valence-corrected chi connectivity index (χ1v) is 14.0. The summed E-state index contributed by atoms with van der Waals surface area (Å²) in [5.41, 5.74) is -1.16. The van der Waals surface area contributed by atoms with Gasteiger partial charge in [-0.3, -0.25) is 14.4 Å². The van der Waals surface area contributed by atoms with Gasteiger partial charge in [0.1, 0.15) is 19.8 Å². The molecule has 1 N–H and O–H groups in total. The van der Waals surface area contributed by atoms with E-state index in [4.69, 9.17) is 14.2 Å². The molecule has 7 nitrogen and oxygen atoms in total. The maximum atomic E-state index is 12.3. The van der Waals surface area contributed by atoms with Gasteiger partial charge in [0, 0.05) is 19.3 Å². The van der Waals surface area contributed by atoms with Crippen LogP contribution in [0.2, 0.25) is 0 Å². The molecule has 0 fully saturated rings. The molecule has 0 bridgehead atoms. The molecule has 1 unspecified atom stereocenters. The van der Waals surface area contributed by atoms with E-state index in [0.29, 0.717) is 19.3 Å². The van der Waals surface area contributed by atoms with Gasteiger partial charge < -0.3 is 19.3 Å². The topological polar surface area (TPSA) is 99.1 Å². The monoisotopic (exact) mass is 500 g/mol. The van der Waals surface area contributed by atoms with Crippen LogP contribution in [0.15, 0.2) is 0 Å². The predicted octanol–water partition coefficient (Wildman–Crippen LogP) is 6.29.